The summed E-state index contributed by atoms with van der Waals surface area (Å²) < 4.78 is 8.95. The largest absolute Gasteiger partial charge is 0.382 e. The Labute approximate surface area is 223 Å². The predicted octanol–water partition coefficient (Wildman–Crippen LogP) is 5.96. The van der Waals surface area contributed by atoms with Gasteiger partial charge in [0.1, 0.15) is 4.33 Å². The van der Waals surface area contributed by atoms with E-state index in [2.05, 4.69) is 10.6 Å². The Morgan fingerprint density at radius 1 is 1.00 bits per heavy atom. The van der Waals surface area contributed by atoms with Crippen molar-refractivity contribution in [2.75, 3.05) is 38.8 Å². The van der Waals surface area contributed by atoms with Gasteiger partial charge in [0.25, 0.3) is 5.91 Å². The number of rotatable bonds is 11. The van der Waals surface area contributed by atoms with Crippen LogP contribution in [0.4, 0.5) is 5.69 Å². The third-order valence-corrected chi connectivity index (χ3v) is 6.95. The van der Waals surface area contributed by atoms with E-state index in [0.29, 0.717) is 54.1 Å². The first-order valence-corrected chi connectivity index (χ1v) is 12.3. The van der Waals surface area contributed by atoms with Crippen LogP contribution in [-0.2, 0) is 14.3 Å². The van der Waals surface area contributed by atoms with Crippen LogP contribution in [0.25, 0.3) is 0 Å². The van der Waals surface area contributed by atoms with Crippen molar-refractivity contribution in [2.24, 2.45) is 5.92 Å². The highest BCUT2D eigenvalue weighted by molar-refractivity contribution is 6.53. The van der Waals surface area contributed by atoms with Crippen molar-refractivity contribution in [3.05, 3.63) is 62.6 Å². The lowest BCUT2D eigenvalue weighted by molar-refractivity contribution is -0.117. The first kappa shape index (κ1) is 27.3. The average Bonchev–Trinajstić information content (AvgIpc) is 3.35. The van der Waals surface area contributed by atoms with Crippen LogP contribution >= 0.6 is 58.0 Å². The number of ether oxygens (including phenoxy) is 2. The molecule has 0 aliphatic heterocycles. The van der Waals surface area contributed by atoms with Crippen LogP contribution < -0.4 is 10.6 Å². The van der Waals surface area contributed by atoms with E-state index in [0.717, 1.165) is 0 Å². The molecule has 1 saturated carbocycles. The molecule has 34 heavy (non-hydrogen) atoms. The van der Waals surface area contributed by atoms with Crippen LogP contribution in [0.3, 0.4) is 0 Å². The minimum atomic E-state index is -1.31. The highest BCUT2D eigenvalue weighted by Gasteiger charge is 2.67. The number of methoxy groups -OCH3 is 1. The Kier molecular flexibility index (Phi) is 9.75. The minimum absolute atomic E-state index is 0.233. The minimum Gasteiger partial charge on any atom is -0.382 e. The molecule has 0 radical (unpaired) electrons. The highest BCUT2D eigenvalue weighted by Crippen LogP contribution is 2.65. The molecule has 1 aliphatic rings. The molecule has 2 atom stereocenters. The van der Waals surface area contributed by atoms with Crippen molar-refractivity contribution in [2.45, 2.75) is 16.7 Å². The Morgan fingerprint density at radius 3 is 2.38 bits per heavy atom. The van der Waals surface area contributed by atoms with Crippen LogP contribution in [0.15, 0.2) is 36.4 Å². The third kappa shape index (κ3) is 6.91. The molecule has 6 nitrogen and oxygen atoms in total. The summed E-state index contributed by atoms with van der Waals surface area (Å²) >= 11 is 31.2. The van der Waals surface area contributed by atoms with Gasteiger partial charge in [-0.1, -0.05) is 34.8 Å². The molecule has 2 amide bonds. The monoisotopic (exact) mass is 566 g/mol. The smallest absolute Gasteiger partial charge is 0.252 e. The van der Waals surface area contributed by atoms with E-state index in [4.69, 9.17) is 67.5 Å². The lowest BCUT2D eigenvalue weighted by Crippen LogP contribution is -2.26. The van der Waals surface area contributed by atoms with E-state index in [-0.39, 0.29) is 16.5 Å². The number of anilines is 1. The van der Waals surface area contributed by atoms with Gasteiger partial charge in [0, 0.05) is 41.9 Å². The number of nitrogens with one attached hydrogen (secondary N) is 2. The van der Waals surface area contributed by atoms with Gasteiger partial charge in [-0.15, -0.1) is 23.2 Å². The predicted molar refractivity (Wildman–Crippen MR) is 137 cm³/mol. The fraction of sp³-hybridized carbons (Fsp3) is 0.391. The van der Waals surface area contributed by atoms with Crippen molar-refractivity contribution in [1.82, 2.24) is 5.32 Å². The molecule has 0 saturated heterocycles. The Balaban J connectivity index is 1.60. The van der Waals surface area contributed by atoms with Gasteiger partial charge in [-0.25, -0.2) is 0 Å². The van der Waals surface area contributed by atoms with Gasteiger partial charge in [0.05, 0.1) is 29.7 Å². The summed E-state index contributed by atoms with van der Waals surface area (Å²) in [6.45, 7) is 1.91. The molecule has 1 fully saturated rings. The van der Waals surface area contributed by atoms with E-state index in [1.807, 2.05) is 0 Å². The Hall–Kier alpha value is -1.25. The van der Waals surface area contributed by atoms with Gasteiger partial charge in [-0.05, 0) is 48.4 Å². The fourth-order valence-corrected chi connectivity index (χ4v) is 5.11. The summed E-state index contributed by atoms with van der Waals surface area (Å²) in [4.78, 5) is 25.5. The molecule has 2 N–H and O–H groups in total. The first-order chi connectivity index (χ1) is 16.1. The summed E-state index contributed by atoms with van der Waals surface area (Å²) in [5.74, 6) is -1.96. The maximum Gasteiger partial charge on any atom is 0.252 e. The maximum atomic E-state index is 12.9. The second-order valence-corrected chi connectivity index (χ2v) is 10.5. The number of alkyl halides is 2. The maximum absolute atomic E-state index is 12.9. The number of halogens is 5. The lowest BCUT2D eigenvalue weighted by Gasteiger charge is -2.10. The van der Waals surface area contributed by atoms with E-state index in [1.54, 1.807) is 31.4 Å². The summed E-state index contributed by atoms with van der Waals surface area (Å²) in [6, 6.07) is 9.58. The zero-order valence-electron chi connectivity index (χ0n) is 18.2. The highest BCUT2D eigenvalue weighted by atomic mass is 35.5. The summed E-state index contributed by atoms with van der Waals surface area (Å²) in [5, 5.41) is 6.65. The molecular formula is C23H23Cl5N2O4. The summed E-state index contributed by atoms with van der Waals surface area (Å²) in [5.41, 5.74) is 1.29. The van der Waals surface area contributed by atoms with Gasteiger partial charge in [0.15, 0.2) is 0 Å². The first-order valence-electron chi connectivity index (χ1n) is 10.4. The average molecular weight is 569 g/mol. The standard InChI is InChI=1S/C23H23Cl5N2O4/c1-33-7-8-34-6-2-5-29-21(31)17-12-16(3-4-18(17)26)30-22(32)20-19(23(20,27)28)13-9-14(24)11-15(25)10-13/h3-4,9-12,19-20H,2,5-8H2,1H3,(H,29,31)(H,30,32). The molecule has 11 heteroatoms. The number of benzene rings is 2. The van der Waals surface area contributed by atoms with Crippen LogP contribution in [0.1, 0.15) is 28.3 Å². The molecule has 2 unspecified atom stereocenters. The van der Waals surface area contributed by atoms with Crippen LogP contribution in [0.5, 0.6) is 0 Å². The van der Waals surface area contributed by atoms with Crippen molar-refractivity contribution < 1.29 is 19.1 Å². The zero-order chi connectivity index (χ0) is 24.9. The second-order valence-electron chi connectivity index (χ2n) is 7.73. The third-order valence-electron chi connectivity index (χ3n) is 5.24. The van der Waals surface area contributed by atoms with Crippen LogP contribution in [0.2, 0.25) is 15.1 Å². The molecule has 184 valence electrons. The fourth-order valence-electron chi connectivity index (χ4n) is 3.54. The van der Waals surface area contributed by atoms with E-state index < -0.39 is 22.1 Å². The number of carbonyl (C=O) groups is 2. The quantitative estimate of drug-likeness (QED) is 0.259. The molecule has 0 bridgehead atoms. The van der Waals surface area contributed by atoms with Gasteiger partial charge >= 0.3 is 0 Å². The molecule has 0 heterocycles. The van der Waals surface area contributed by atoms with Gasteiger partial charge in [-0.2, -0.15) is 0 Å². The summed E-state index contributed by atoms with van der Waals surface area (Å²) in [7, 11) is 1.60. The topological polar surface area (TPSA) is 76.7 Å². The van der Waals surface area contributed by atoms with Crippen molar-refractivity contribution in [1.29, 1.82) is 0 Å². The molecule has 1 aliphatic carbocycles. The van der Waals surface area contributed by atoms with Crippen molar-refractivity contribution in [3.63, 3.8) is 0 Å². The molecule has 0 aromatic heterocycles. The number of hydrogen-bond acceptors (Lipinski definition) is 4. The van der Waals surface area contributed by atoms with Gasteiger partial charge in [0.2, 0.25) is 5.91 Å². The number of amides is 2. The molecule has 0 spiro atoms. The normalized spacial score (nSPS) is 18.4. The zero-order valence-corrected chi connectivity index (χ0v) is 22.0. The molecule has 2 aromatic rings. The van der Waals surface area contributed by atoms with Gasteiger partial charge in [-0.3, -0.25) is 9.59 Å². The molecular weight excluding hydrogens is 546 g/mol. The molecule has 3 rings (SSSR count). The van der Waals surface area contributed by atoms with E-state index >= 15 is 0 Å². The van der Waals surface area contributed by atoms with Crippen LogP contribution in [-0.4, -0.2) is 49.6 Å². The van der Waals surface area contributed by atoms with Gasteiger partial charge < -0.3 is 20.1 Å². The Bertz CT molecular complexity index is 1030. The van der Waals surface area contributed by atoms with E-state index in [9.17, 15) is 9.59 Å². The SMILES string of the molecule is COCCOCCCNC(=O)c1cc(NC(=O)C2C(c3cc(Cl)cc(Cl)c3)C2(Cl)Cl)ccc1Cl. The summed E-state index contributed by atoms with van der Waals surface area (Å²) in [6.07, 6.45) is 0.633. The number of hydrogen-bond donors (Lipinski definition) is 2. The second kappa shape index (κ2) is 12.1. The van der Waals surface area contributed by atoms with Crippen LogP contribution in [0, 0.1) is 5.92 Å². The van der Waals surface area contributed by atoms with Crippen molar-refractivity contribution in [3.8, 4) is 0 Å². The van der Waals surface area contributed by atoms with Crippen molar-refractivity contribution >= 4 is 75.5 Å². The molecule has 2 aromatic carbocycles. The lowest BCUT2D eigenvalue weighted by atomic mass is 10.1. The number of carbonyl (C=O) groups excluding carboxylic acids is 2. The Morgan fingerprint density at radius 2 is 1.71 bits per heavy atom. The van der Waals surface area contributed by atoms with E-state index in [1.165, 1.54) is 12.1 Å².